The van der Waals surface area contributed by atoms with Crippen molar-refractivity contribution < 1.29 is 23.1 Å². The molecule has 1 saturated heterocycles. The van der Waals surface area contributed by atoms with Crippen LogP contribution in [0.4, 0.5) is 13.2 Å². The minimum Gasteiger partial charge on any atom is -0.392 e. The van der Waals surface area contributed by atoms with Gasteiger partial charge in [0.2, 0.25) is 5.91 Å². The Kier molecular flexibility index (Phi) is 4.53. The Bertz CT molecular complexity index is 519. The van der Waals surface area contributed by atoms with Gasteiger partial charge in [-0.25, -0.2) is 0 Å². The molecule has 1 aromatic rings. The average molecular weight is 302 g/mol. The third-order valence-corrected chi connectivity index (χ3v) is 3.46. The van der Waals surface area contributed by atoms with Crippen molar-refractivity contribution in [3.05, 3.63) is 35.4 Å². The summed E-state index contributed by atoms with van der Waals surface area (Å²) in [4.78, 5) is 13.5. The quantitative estimate of drug-likeness (QED) is 0.887. The molecule has 2 N–H and O–H groups in total. The smallest absolute Gasteiger partial charge is 0.392 e. The fraction of sp³-hybridized carbons (Fsp3) is 0.500. The number of hydrogen-bond acceptors (Lipinski definition) is 3. The molecule has 0 aromatic heterocycles. The standard InChI is InChI=1S/C14H17F3N2O2/c1-19(13(21)12-6-11(20)7-18-12)8-9-3-2-4-10(5-9)14(15,16)17/h2-5,11-12,18,20H,6-8H2,1H3/t11-,12+/m0/s1. The van der Waals surface area contributed by atoms with Gasteiger partial charge < -0.3 is 15.3 Å². The highest BCUT2D eigenvalue weighted by Gasteiger charge is 2.32. The van der Waals surface area contributed by atoms with Crippen LogP contribution in [0.2, 0.25) is 0 Å². The Morgan fingerprint density at radius 2 is 2.19 bits per heavy atom. The van der Waals surface area contributed by atoms with Crippen LogP contribution < -0.4 is 5.32 Å². The summed E-state index contributed by atoms with van der Waals surface area (Å²) in [6.45, 7) is 0.449. The van der Waals surface area contributed by atoms with Crippen LogP contribution in [0.5, 0.6) is 0 Å². The third kappa shape index (κ3) is 3.95. The molecule has 1 fully saturated rings. The highest BCUT2D eigenvalue weighted by Crippen LogP contribution is 2.29. The van der Waals surface area contributed by atoms with E-state index in [2.05, 4.69) is 5.32 Å². The molecule has 0 aliphatic carbocycles. The lowest BCUT2D eigenvalue weighted by Crippen LogP contribution is -2.41. The van der Waals surface area contributed by atoms with Gasteiger partial charge in [0.15, 0.2) is 0 Å². The molecule has 0 saturated carbocycles. The molecule has 1 aliphatic rings. The maximum absolute atomic E-state index is 12.6. The first-order valence-electron chi connectivity index (χ1n) is 6.60. The van der Waals surface area contributed by atoms with Gasteiger partial charge >= 0.3 is 6.18 Å². The second-order valence-corrected chi connectivity index (χ2v) is 5.24. The average Bonchev–Trinajstić information content (AvgIpc) is 2.84. The van der Waals surface area contributed by atoms with E-state index < -0.39 is 23.9 Å². The Balaban J connectivity index is 2.02. The number of rotatable bonds is 3. The van der Waals surface area contributed by atoms with Gasteiger partial charge in [-0.2, -0.15) is 13.2 Å². The van der Waals surface area contributed by atoms with E-state index in [-0.39, 0.29) is 12.5 Å². The number of halogens is 3. The van der Waals surface area contributed by atoms with E-state index in [9.17, 15) is 23.1 Å². The number of carbonyl (C=O) groups excluding carboxylic acids is 1. The molecule has 0 spiro atoms. The number of hydrogen-bond donors (Lipinski definition) is 2. The van der Waals surface area contributed by atoms with Gasteiger partial charge in [-0.3, -0.25) is 4.79 Å². The van der Waals surface area contributed by atoms with Crippen LogP contribution in [-0.2, 0) is 17.5 Å². The summed E-state index contributed by atoms with van der Waals surface area (Å²) in [6, 6.07) is 4.45. The molecule has 1 aliphatic heterocycles. The highest BCUT2D eigenvalue weighted by atomic mass is 19.4. The highest BCUT2D eigenvalue weighted by molar-refractivity contribution is 5.82. The minimum atomic E-state index is -4.39. The first-order valence-corrected chi connectivity index (χ1v) is 6.60. The largest absolute Gasteiger partial charge is 0.416 e. The molecular formula is C14H17F3N2O2. The van der Waals surface area contributed by atoms with Crippen molar-refractivity contribution in [2.75, 3.05) is 13.6 Å². The van der Waals surface area contributed by atoms with Gasteiger partial charge in [0, 0.05) is 20.1 Å². The summed E-state index contributed by atoms with van der Waals surface area (Å²) in [5.41, 5.74) is -0.311. The molecule has 0 unspecified atom stereocenters. The molecular weight excluding hydrogens is 285 g/mol. The lowest BCUT2D eigenvalue weighted by atomic mass is 10.1. The molecule has 2 rings (SSSR count). The predicted molar refractivity (Wildman–Crippen MR) is 70.3 cm³/mol. The van der Waals surface area contributed by atoms with Crippen LogP contribution in [0, 0.1) is 0 Å². The number of amides is 1. The van der Waals surface area contributed by atoms with E-state index in [1.54, 1.807) is 6.07 Å². The van der Waals surface area contributed by atoms with Crippen molar-refractivity contribution >= 4 is 5.91 Å². The summed E-state index contributed by atoms with van der Waals surface area (Å²) in [6.07, 6.45) is -4.62. The van der Waals surface area contributed by atoms with Gasteiger partial charge in [0.05, 0.1) is 17.7 Å². The van der Waals surface area contributed by atoms with E-state index in [0.29, 0.717) is 18.5 Å². The normalized spacial score (nSPS) is 22.3. The summed E-state index contributed by atoms with van der Waals surface area (Å²) < 4.78 is 37.9. The van der Waals surface area contributed by atoms with Crippen molar-refractivity contribution in [3.63, 3.8) is 0 Å². The SMILES string of the molecule is CN(Cc1cccc(C(F)(F)F)c1)C(=O)[C@H]1C[C@H](O)CN1. The van der Waals surface area contributed by atoms with E-state index in [1.807, 2.05) is 0 Å². The zero-order valence-corrected chi connectivity index (χ0v) is 11.5. The maximum atomic E-state index is 12.6. The minimum absolute atomic E-state index is 0.0943. The number of carbonyl (C=O) groups is 1. The lowest BCUT2D eigenvalue weighted by Gasteiger charge is -2.21. The number of aliphatic hydroxyl groups excluding tert-OH is 1. The summed E-state index contributed by atoms with van der Waals surface area (Å²) >= 11 is 0. The third-order valence-electron chi connectivity index (χ3n) is 3.46. The van der Waals surface area contributed by atoms with E-state index in [0.717, 1.165) is 12.1 Å². The van der Waals surface area contributed by atoms with Crippen LogP contribution in [0.25, 0.3) is 0 Å². The van der Waals surface area contributed by atoms with Crippen LogP contribution in [0.1, 0.15) is 17.5 Å². The fourth-order valence-corrected chi connectivity index (χ4v) is 2.37. The van der Waals surface area contributed by atoms with Crippen molar-refractivity contribution in [1.82, 2.24) is 10.2 Å². The van der Waals surface area contributed by atoms with Gasteiger partial charge in [0.25, 0.3) is 0 Å². The maximum Gasteiger partial charge on any atom is 0.416 e. The Morgan fingerprint density at radius 1 is 1.48 bits per heavy atom. The Labute approximate surface area is 120 Å². The zero-order valence-electron chi connectivity index (χ0n) is 11.5. The molecule has 1 heterocycles. The monoisotopic (exact) mass is 302 g/mol. The molecule has 0 radical (unpaired) electrons. The Morgan fingerprint density at radius 3 is 2.76 bits per heavy atom. The summed E-state index contributed by atoms with van der Waals surface area (Å²) in [5, 5.41) is 12.3. The molecule has 4 nitrogen and oxygen atoms in total. The van der Waals surface area contributed by atoms with Gasteiger partial charge in [0.1, 0.15) is 0 Å². The number of nitrogens with zero attached hydrogens (tertiary/aromatic N) is 1. The number of β-amino-alcohol motifs (C(OH)–C–C–N with tert-alkyl or cyclic N) is 1. The molecule has 0 bridgehead atoms. The van der Waals surface area contributed by atoms with Crippen LogP contribution in [0.3, 0.4) is 0 Å². The molecule has 1 aromatic carbocycles. The van der Waals surface area contributed by atoms with Crippen molar-refractivity contribution in [3.8, 4) is 0 Å². The molecule has 1 amide bonds. The second-order valence-electron chi connectivity index (χ2n) is 5.24. The van der Waals surface area contributed by atoms with Crippen LogP contribution in [0.15, 0.2) is 24.3 Å². The number of benzene rings is 1. The van der Waals surface area contributed by atoms with Crippen molar-refractivity contribution in [2.24, 2.45) is 0 Å². The first kappa shape index (κ1) is 15.8. The summed E-state index contributed by atoms with van der Waals surface area (Å²) in [5.74, 6) is -0.232. The van der Waals surface area contributed by atoms with Crippen molar-refractivity contribution in [2.45, 2.75) is 31.3 Å². The predicted octanol–water partition coefficient (Wildman–Crippen LogP) is 1.39. The van der Waals surface area contributed by atoms with Gasteiger partial charge in [-0.1, -0.05) is 12.1 Å². The van der Waals surface area contributed by atoms with E-state index in [4.69, 9.17) is 0 Å². The zero-order chi connectivity index (χ0) is 15.6. The number of likely N-dealkylation sites (N-methyl/N-ethyl adjacent to an activating group) is 1. The van der Waals surface area contributed by atoms with Crippen molar-refractivity contribution in [1.29, 1.82) is 0 Å². The number of alkyl halides is 3. The first-order chi connectivity index (χ1) is 9.77. The summed E-state index contributed by atoms with van der Waals surface area (Å²) in [7, 11) is 1.54. The van der Waals surface area contributed by atoms with E-state index in [1.165, 1.54) is 18.0 Å². The molecule has 2 atom stereocenters. The lowest BCUT2D eigenvalue weighted by molar-refractivity contribution is -0.137. The van der Waals surface area contributed by atoms with Crippen LogP contribution >= 0.6 is 0 Å². The molecule has 21 heavy (non-hydrogen) atoms. The fourth-order valence-electron chi connectivity index (χ4n) is 2.37. The number of nitrogens with one attached hydrogen (secondary N) is 1. The van der Waals surface area contributed by atoms with Crippen LogP contribution in [-0.4, -0.2) is 41.7 Å². The number of aliphatic hydroxyl groups is 1. The molecule has 116 valence electrons. The Hall–Kier alpha value is -1.60. The van der Waals surface area contributed by atoms with Gasteiger partial charge in [-0.05, 0) is 24.1 Å². The molecule has 7 heteroatoms. The topological polar surface area (TPSA) is 52.6 Å². The van der Waals surface area contributed by atoms with E-state index >= 15 is 0 Å². The second kappa shape index (κ2) is 6.03. The van der Waals surface area contributed by atoms with Gasteiger partial charge in [-0.15, -0.1) is 0 Å².